The van der Waals surface area contributed by atoms with Crippen molar-refractivity contribution in [3.05, 3.63) is 95.1 Å². The summed E-state index contributed by atoms with van der Waals surface area (Å²) in [6, 6.07) is 20.5. The minimum absolute atomic E-state index is 0.184. The molecule has 0 unspecified atom stereocenters. The van der Waals surface area contributed by atoms with Crippen molar-refractivity contribution >= 4 is 33.4 Å². The van der Waals surface area contributed by atoms with E-state index in [-0.39, 0.29) is 29.2 Å². The Bertz CT molecular complexity index is 1460. The number of benzene rings is 3. The second kappa shape index (κ2) is 11.1. The van der Waals surface area contributed by atoms with Crippen LogP contribution < -0.4 is 4.90 Å². The summed E-state index contributed by atoms with van der Waals surface area (Å²) < 4.78 is 27.2. The summed E-state index contributed by atoms with van der Waals surface area (Å²) in [4.78, 5) is 42.0. The lowest BCUT2D eigenvalue weighted by Crippen LogP contribution is -2.34. The number of hydrogen-bond donors (Lipinski definition) is 0. The highest BCUT2D eigenvalue weighted by Crippen LogP contribution is 2.25. The number of imide groups is 1. The Morgan fingerprint density at radius 2 is 1.41 bits per heavy atom. The minimum Gasteiger partial charge on any atom is -0.308 e. The van der Waals surface area contributed by atoms with Gasteiger partial charge in [0.1, 0.15) is 0 Å². The molecule has 0 bridgehead atoms. The highest BCUT2D eigenvalue weighted by Gasteiger charge is 2.34. The molecule has 1 fully saturated rings. The van der Waals surface area contributed by atoms with Crippen molar-refractivity contribution in [2.24, 2.45) is 0 Å². The molecule has 3 aromatic rings. The number of carbonyl (C=O) groups excluding carboxylic acids is 3. The molecule has 0 N–H and O–H groups in total. The first-order valence-electron chi connectivity index (χ1n) is 13.2. The molecule has 0 aromatic heterocycles. The average Bonchev–Trinajstić information content (AvgIpc) is 3.58. The highest BCUT2D eigenvalue weighted by atomic mass is 32.2. The van der Waals surface area contributed by atoms with Crippen LogP contribution in [0, 0.1) is 6.92 Å². The molecule has 0 saturated carbocycles. The van der Waals surface area contributed by atoms with Gasteiger partial charge in [0.2, 0.25) is 10.0 Å². The van der Waals surface area contributed by atoms with E-state index in [0.717, 1.165) is 24.1 Å². The van der Waals surface area contributed by atoms with Gasteiger partial charge >= 0.3 is 0 Å². The molecule has 0 radical (unpaired) electrons. The number of aryl methyl sites for hydroxylation is 1. The van der Waals surface area contributed by atoms with E-state index < -0.39 is 10.0 Å². The molecule has 1 saturated heterocycles. The molecule has 3 amide bonds. The number of amides is 3. The molecule has 2 heterocycles. The predicted molar refractivity (Wildman–Crippen MR) is 148 cm³/mol. The Morgan fingerprint density at radius 1 is 0.821 bits per heavy atom. The molecule has 8 nitrogen and oxygen atoms in total. The molecule has 9 heteroatoms. The van der Waals surface area contributed by atoms with Gasteiger partial charge in [-0.3, -0.25) is 19.3 Å². The Kier molecular flexibility index (Phi) is 7.63. The summed E-state index contributed by atoms with van der Waals surface area (Å²) in [7, 11) is -3.56. The fourth-order valence-electron chi connectivity index (χ4n) is 5.06. The van der Waals surface area contributed by atoms with E-state index in [1.165, 1.54) is 21.3 Å². The smallest absolute Gasteiger partial charge is 0.261 e. The number of nitrogens with zero attached hydrogens (tertiary/aromatic N) is 3. The van der Waals surface area contributed by atoms with E-state index in [1.54, 1.807) is 41.3 Å². The monoisotopic (exact) mass is 545 g/mol. The van der Waals surface area contributed by atoms with E-state index in [9.17, 15) is 22.8 Å². The molecular weight excluding hydrogens is 514 g/mol. The quantitative estimate of drug-likeness (QED) is 0.291. The fourth-order valence-corrected chi connectivity index (χ4v) is 6.57. The third-order valence-electron chi connectivity index (χ3n) is 7.29. The van der Waals surface area contributed by atoms with Crippen LogP contribution in [-0.2, 0) is 10.0 Å². The summed E-state index contributed by atoms with van der Waals surface area (Å²) in [5.41, 5.74) is 3.02. The first kappa shape index (κ1) is 26.8. The maximum Gasteiger partial charge on any atom is 0.261 e. The van der Waals surface area contributed by atoms with Gasteiger partial charge < -0.3 is 4.90 Å². The average molecular weight is 546 g/mol. The molecule has 39 heavy (non-hydrogen) atoms. The number of anilines is 1. The number of sulfonamides is 1. The summed E-state index contributed by atoms with van der Waals surface area (Å²) in [5, 5.41) is 0. The Balaban J connectivity index is 1.28. The number of hydrogen-bond acceptors (Lipinski definition) is 5. The molecule has 3 aromatic carbocycles. The van der Waals surface area contributed by atoms with E-state index >= 15 is 0 Å². The molecule has 202 valence electrons. The highest BCUT2D eigenvalue weighted by molar-refractivity contribution is 7.89. The van der Waals surface area contributed by atoms with Crippen molar-refractivity contribution in [1.82, 2.24) is 9.21 Å². The molecule has 0 atom stereocenters. The Hall–Kier alpha value is -3.82. The van der Waals surface area contributed by atoms with E-state index in [1.807, 2.05) is 31.2 Å². The standard InChI is InChI=1S/C30H31N3O5S/c1-22-10-14-24(15-11-22)32(20-6-7-21-33-29(35)26-8-2-3-9-27(26)30(33)36)28(34)23-12-16-25(17-13-23)39(37,38)31-18-4-5-19-31/h2-3,8-17H,4-7,18-21H2,1H3. The lowest BCUT2D eigenvalue weighted by Gasteiger charge is -2.24. The molecule has 0 aliphatic carbocycles. The molecule has 0 spiro atoms. The van der Waals surface area contributed by atoms with Crippen molar-refractivity contribution in [3.8, 4) is 0 Å². The first-order chi connectivity index (χ1) is 18.8. The van der Waals surface area contributed by atoms with Crippen LogP contribution >= 0.6 is 0 Å². The van der Waals surface area contributed by atoms with E-state index in [4.69, 9.17) is 0 Å². The Labute approximate surface area is 228 Å². The maximum absolute atomic E-state index is 13.6. The summed E-state index contributed by atoms with van der Waals surface area (Å²) in [6.07, 6.45) is 2.81. The van der Waals surface area contributed by atoms with Crippen molar-refractivity contribution in [2.75, 3.05) is 31.1 Å². The van der Waals surface area contributed by atoms with Gasteiger partial charge in [-0.25, -0.2) is 8.42 Å². The zero-order valence-corrected chi connectivity index (χ0v) is 22.7. The zero-order chi connectivity index (χ0) is 27.6. The largest absolute Gasteiger partial charge is 0.308 e. The van der Waals surface area contributed by atoms with Crippen molar-refractivity contribution in [2.45, 2.75) is 37.5 Å². The number of fused-ring (bicyclic) bond motifs is 1. The summed E-state index contributed by atoms with van der Waals surface area (Å²) >= 11 is 0. The molecular formula is C30H31N3O5S. The predicted octanol–water partition coefficient (Wildman–Crippen LogP) is 4.50. The van der Waals surface area contributed by atoms with E-state index in [0.29, 0.717) is 49.2 Å². The van der Waals surface area contributed by atoms with Gasteiger partial charge in [-0.2, -0.15) is 4.31 Å². The van der Waals surface area contributed by atoms with Crippen LogP contribution in [0.4, 0.5) is 5.69 Å². The van der Waals surface area contributed by atoms with Gasteiger partial charge in [-0.1, -0.05) is 29.8 Å². The lowest BCUT2D eigenvalue weighted by molar-refractivity contribution is 0.0651. The number of carbonyl (C=O) groups is 3. The summed E-state index contributed by atoms with van der Waals surface area (Å²) in [5.74, 6) is -0.818. The van der Waals surface area contributed by atoms with Gasteiger partial charge in [0.25, 0.3) is 17.7 Å². The topological polar surface area (TPSA) is 95.1 Å². The minimum atomic E-state index is -3.56. The molecule has 2 aliphatic heterocycles. The van der Waals surface area contributed by atoms with Crippen molar-refractivity contribution < 1.29 is 22.8 Å². The van der Waals surface area contributed by atoms with Crippen molar-refractivity contribution in [3.63, 3.8) is 0 Å². The maximum atomic E-state index is 13.6. The first-order valence-corrected chi connectivity index (χ1v) is 14.7. The van der Waals surface area contributed by atoms with Gasteiger partial charge in [-0.15, -0.1) is 0 Å². The van der Waals surface area contributed by atoms with Crippen LogP contribution in [0.25, 0.3) is 0 Å². The van der Waals surface area contributed by atoms with Crippen LogP contribution in [0.5, 0.6) is 0 Å². The SMILES string of the molecule is Cc1ccc(N(CCCCN2C(=O)c3ccccc3C2=O)C(=O)c2ccc(S(=O)(=O)N3CCCC3)cc2)cc1. The van der Waals surface area contributed by atoms with Gasteiger partial charge in [0.05, 0.1) is 16.0 Å². The molecule has 2 aliphatic rings. The molecule has 5 rings (SSSR count). The number of rotatable bonds is 9. The van der Waals surface area contributed by atoms with Crippen LogP contribution in [0.15, 0.2) is 77.7 Å². The third-order valence-corrected chi connectivity index (χ3v) is 9.20. The lowest BCUT2D eigenvalue weighted by atomic mass is 10.1. The second-order valence-corrected chi connectivity index (χ2v) is 11.9. The zero-order valence-electron chi connectivity index (χ0n) is 21.9. The summed E-state index contributed by atoms with van der Waals surface area (Å²) in [6.45, 7) is 3.65. The van der Waals surface area contributed by atoms with Crippen LogP contribution in [0.3, 0.4) is 0 Å². The van der Waals surface area contributed by atoms with Crippen LogP contribution in [-0.4, -0.2) is 61.5 Å². The van der Waals surface area contributed by atoms with E-state index in [2.05, 4.69) is 0 Å². The fraction of sp³-hybridized carbons (Fsp3) is 0.300. The van der Waals surface area contributed by atoms with Crippen LogP contribution in [0.2, 0.25) is 0 Å². The van der Waals surface area contributed by atoms with Gasteiger partial charge in [-0.05, 0) is 81.1 Å². The van der Waals surface area contributed by atoms with Crippen molar-refractivity contribution in [1.29, 1.82) is 0 Å². The number of unbranched alkanes of at least 4 members (excludes halogenated alkanes) is 1. The van der Waals surface area contributed by atoms with Gasteiger partial charge in [0.15, 0.2) is 0 Å². The third kappa shape index (κ3) is 5.37. The second-order valence-electron chi connectivity index (χ2n) is 9.94. The normalized spacial score (nSPS) is 15.6. The van der Waals surface area contributed by atoms with Crippen LogP contribution in [0.1, 0.15) is 62.3 Å². The Morgan fingerprint density at radius 3 is 2.00 bits per heavy atom. The van der Waals surface area contributed by atoms with Gasteiger partial charge in [0, 0.05) is 37.4 Å².